The standard InChI is InChI=1S/C25H26Cl2N4O2/c1-17-13-21(18(2)31(17)24-8-7-22(26)14-23(24)27)15-28-29-25(32)20-5-3-19(4-6-20)16-30-9-11-33-12-10-30/h3-8,13-15H,9-12,16H2,1-2H3,(H,29,32)/b28-15+. The molecule has 1 aliphatic heterocycles. The minimum atomic E-state index is -0.251. The molecule has 1 aromatic heterocycles. The first kappa shape index (κ1) is 23.5. The highest BCUT2D eigenvalue weighted by Gasteiger charge is 2.13. The maximum absolute atomic E-state index is 12.5. The Balaban J connectivity index is 1.40. The van der Waals surface area contributed by atoms with Crippen LogP contribution in [0.3, 0.4) is 0 Å². The van der Waals surface area contributed by atoms with Crippen LogP contribution in [0.4, 0.5) is 0 Å². The van der Waals surface area contributed by atoms with Crippen LogP contribution in [0.2, 0.25) is 10.0 Å². The van der Waals surface area contributed by atoms with Crippen LogP contribution in [0, 0.1) is 13.8 Å². The van der Waals surface area contributed by atoms with Gasteiger partial charge < -0.3 is 9.30 Å². The van der Waals surface area contributed by atoms with Gasteiger partial charge in [0.05, 0.1) is 30.1 Å². The molecular formula is C25H26Cl2N4O2. The molecule has 0 saturated carbocycles. The van der Waals surface area contributed by atoms with E-state index < -0.39 is 0 Å². The predicted molar refractivity (Wildman–Crippen MR) is 133 cm³/mol. The van der Waals surface area contributed by atoms with Crippen LogP contribution >= 0.6 is 23.2 Å². The summed E-state index contributed by atoms with van der Waals surface area (Å²) < 4.78 is 7.42. The maximum Gasteiger partial charge on any atom is 0.271 e. The lowest BCUT2D eigenvalue weighted by Gasteiger charge is -2.26. The molecule has 0 atom stereocenters. The second-order valence-electron chi connectivity index (χ2n) is 8.04. The van der Waals surface area contributed by atoms with E-state index in [0.717, 1.165) is 55.5 Å². The number of hydrogen-bond donors (Lipinski definition) is 1. The monoisotopic (exact) mass is 484 g/mol. The maximum atomic E-state index is 12.5. The van der Waals surface area contributed by atoms with Gasteiger partial charge in [0.15, 0.2) is 0 Å². The first-order chi connectivity index (χ1) is 15.9. The number of aryl methyl sites for hydroxylation is 1. The number of nitrogens with one attached hydrogen (secondary N) is 1. The second kappa shape index (κ2) is 10.5. The molecule has 2 aromatic carbocycles. The van der Waals surface area contributed by atoms with Gasteiger partial charge in [-0.2, -0.15) is 5.10 Å². The third-order valence-electron chi connectivity index (χ3n) is 5.72. The molecule has 0 radical (unpaired) electrons. The molecular weight excluding hydrogens is 459 g/mol. The number of carbonyl (C=O) groups excluding carboxylic acids is 1. The van der Waals surface area contributed by atoms with Gasteiger partial charge in [0.2, 0.25) is 0 Å². The zero-order chi connectivity index (χ0) is 23.4. The third kappa shape index (κ3) is 5.65. The van der Waals surface area contributed by atoms with Crippen LogP contribution in [0.25, 0.3) is 5.69 Å². The molecule has 0 spiro atoms. The Morgan fingerprint density at radius 3 is 2.52 bits per heavy atom. The van der Waals surface area contributed by atoms with E-state index in [1.807, 2.05) is 60.9 Å². The molecule has 1 aliphatic rings. The van der Waals surface area contributed by atoms with Gasteiger partial charge in [-0.15, -0.1) is 0 Å². The van der Waals surface area contributed by atoms with Crippen molar-refractivity contribution in [1.29, 1.82) is 0 Å². The molecule has 3 aromatic rings. The van der Waals surface area contributed by atoms with E-state index in [-0.39, 0.29) is 5.91 Å². The summed E-state index contributed by atoms with van der Waals surface area (Å²) in [7, 11) is 0. The summed E-state index contributed by atoms with van der Waals surface area (Å²) in [5, 5.41) is 5.32. The first-order valence-electron chi connectivity index (χ1n) is 10.8. The summed E-state index contributed by atoms with van der Waals surface area (Å²) >= 11 is 12.4. The van der Waals surface area contributed by atoms with Crippen LogP contribution in [-0.2, 0) is 11.3 Å². The summed E-state index contributed by atoms with van der Waals surface area (Å²) in [6, 6.07) is 15.0. The topological polar surface area (TPSA) is 58.9 Å². The lowest BCUT2D eigenvalue weighted by molar-refractivity contribution is 0.0342. The van der Waals surface area contributed by atoms with Gasteiger partial charge in [-0.25, -0.2) is 5.43 Å². The summed E-state index contributed by atoms with van der Waals surface area (Å²) in [6.45, 7) is 8.24. The number of morpholine rings is 1. The number of ether oxygens (including phenoxy) is 1. The molecule has 172 valence electrons. The van der Waals surface area contributed by atoms with E-state index in [2.05, 4.69) is 15.4 Å². The highest BCUT2D eigenvalue weighted by atomic mass is 35.5. The van der Waals surface area contributed by atoms with Gasteiger partial charge in [-0.1, -0.05) is 35.3 Å². The first-order valence-corrected chi connectivity index (χ1v) is 11.5. The fourth-order valence-corrected chi connectivity index (χ4v) is 4.45. The van der Waals surface area contributed by atoms with Gasteiger partial charge in [-0.3, -0.25) is 9.69 Å². The van der Waals surface area contributed by atoms with Gasteiger partial charge >= 0.3 is 0 Å². The number of carbonyl (C=O) groups is 1. The highest BCUT2D eigenvalue weighted by Crippen LogP contribution is 2.28. The van der Waals surface area contributed by atoms with Gasteiger partial charge in [0.25, 0.3) is 5.91 Å². The van der Waals surface area contributed by atoms with E-state index in [0.29, 0.717) is 15.6 Å². The van der Waals surface area contributed by atoms with Crippen molar-refractivity contribution >= 4 is 35.3 Å². The van der Waals surface area contributed by atoms with Crippen LogP contribution < -0.4 is 5.43 Å². The molecule has 6 nitrogen and oxygen atoms in total. The molecule has 4 rings (SSSR count). The number of hydrogen-bond acceptors (Lipinski definition) is 4. The molecule has 0 aliphatic carbocycles. The van der Waals surface area contributed by atoms with Crippen molar-refractivity contribution < 1.29 is 9.53 Å². The van der Waals surface area contributed by atoms with Crippen molar-refractivity contribution in [3.63, 3.8) is 0 Å². The average Bonchev–Trinajstić information content (AvgIpc) is 3.08. The Kier molecular flexibility index (Phi) is 7.50. The number of aromatic nitrogens is 1. The van der Waals surface area contributed by atoms with Crippen molar-refractivity contribution in [3.8, 4) is 5.69 Å². The van der Waals surface area contributed by atoms with E-state index in [9.17, 15) is 4.79 Å². The van der Waals surface area contributed by atoms with Crippen molar-refractivity contribution in [2.24, 2.45) is 5.10 Å². The molecule has 0 unspecified atom stereocenters. The zero-order valence-corrected chi connectivity index (χ0v) is 20.2. The highest BCUT2D eigenvalue weighted by molar-refractivity contribution is 6.35. The third-order valence-corrected chi connectivity index (χ3v) is 6.25. The van der Waals surface area contributed by atoms with E-state index in [1.165, 1.54) is 5.56 Å². The van der Waals surface area contributed by atoms with Crippen molar-refractivity contribution in [2.45, 2.75) is 20.4 Å². The molecule has 0 bridgehead atoms. The minimum absolute atomic E-state index is 0.251. The summed E-state index contributed by atoms with van der Waals surface area (Å²) in [6.07, 6.45) is 1.65. The summed E-state index contributed by atoms with van der Waals surface area (Å²) in [5.41, 5.74) is 8.04. The quantitative estimate of drug-likeness (QED) is 0.395. The van der Waals surface area contributed by atoms with Crippen LogP contribution in [0.1, 0.15) is 32.9 Å². The average molecular weight is 485 g/mol. The number of rotatable bonds is 6. The number of halogens is 2. The minimum Gasteiger partial charge on any atom is -0.379 e. The Morgan fingerprint density at radius 2 is 1.82 bits per heavy atom. The van der Waals surface area contributed by atoms with Gasteiger partial charge in [0.1, 0.15) is 0 Å². The SMILES string of the molecule is Cc1cc(/C=N/NC(=O)c2ccc(CN3CCOCC3)cc2)c(C)n1-c1ccc(Cl)cc1Cl. The Labute approximate surface area is 203 Å². The Hall–Kier alpha value is -2.64. The van der Waals surface area contributed by atoms with Crippen LogP contribution in [-0.4, -0.2) is 47.9 Å². The van der Waals surface area contributed by atoms with Crippen LogP contribution in [0.15, 0.2) is 53.6 Å². The molecule has 1 fully saturated rings. The zero-order valence-electron chi connectivity index (χ0n) is 18.6. The van der Waals surface area contributed by atoms with Crippen molar-refractivity contribution in [1.82, 2.24) is 14.9 Å². The lowest BCUT2D eigenvalue weighted by atomic mass is 10.1. The fourth-order valence-electron chi connectivity index (χ4n) is 3.96. The normalized spacial score (nSPS) is 14.7. The summed E-state index contributed by atoms with van der Waals surface area (Å²) in [4.78, 5) is 14.8. The second-order valence-corrected chi connectivity index (χ2v) is 8.89. The molecule has 8 heteroatoms. The number of amides is 1. The molecule has 1 N–H and O–H groups in total. The smallest absolute Gasteiger partial charge is 0.271 e. The summed E-state index contributed by atoms with van der Waals surface area (Å²) in [5.74, 6) is -0.251. The molecule has 2 heterocycles. The fraction of sp³-hybridized carbons (Fsp3) is 0.280. The molecule has 33 heavy (non-hydrogen) atoms. The van der Waals surface area contributed by atoms with Gasteiger partial charge in [0, 0.05) is 47.2 Å². The number of benzene rings is 2. The molecule has 1 saturated heterocycles. The number of hydrazone groups is 1. The van der Waals surface area contributed by atoms with Gasteiger partial charge in [-0.05, 0) is 55.8 Å². The van der Waals surface area contributed by atoms with Crippen molar-refractivity contribution in [3.05, 3.63) is 86.7 Å². The van der Waals surface area contributed by atoms with Crippen LogP contribution in [0.5, 0.6) is 0 Å². The van der Waals surface area contributed by atoms with E-state index >= 15 is 0 Å². The van der Waals surface area contributed by atoms with Crippen molar-refractivity contribution in [2.75, 3.05) is 26.3 Å². The number of nitrogens with zero attached hydrogens (tertiary/aromatic N) is 3. The Bertz CT molecular complexity index is 1170. The predicted octanol–water partition coefficient (Wildman–Crippen LogP) is 5.00. The van der Waals surface area contributed by atoms with E-state index in [4.69, 9.17) is 27.9 Å². The largest absolute Gasteiger partial charge is 0.379 e. The lowest BCUT2D eigenvalue weighted by Crippen LogP contribution is -2.35. The van der Waals surface area contributed by atoms with E-state index in [1.54, 1.807) is 12.3 Å². The molecule has 1 amide bonds. The Morgan fingerprint density at radius 1 is 1.09 bits per heavy atom.